The third-order valence-corrected chi connectivity index (χ3v) is 3.75. The van der Waals surface area contributed by atoms with E-state index >= 15 is 0 Å². The van der Waals surface area contributed by atoms with E-state index in [-0.39, 0.29) is 5.91 Å². The molecule has 3 N–H and O–H groups in total. The van der Waals surface area contributed by atoms with Gasteiger partial charge in [0.25, 0.3) is 5.91 Å². The number of hydrogen-bond donors (Lipinski definition) is 2. The summed E-state index contributed by atoms with van der Waals surface area (Å²) in [6.07, 6.45) is 0. The molecule has 2 aromatic carbocycles. The lowest BCUT2D eigenvalue weighted by atomic mass is 10.1. The standard InChI is InChI=1S/C15H15BrN2O2/c1-20-11-5-2-4-10(8-11)9-18-15(19)12-6-3-7-13(17)14(12)16/h2-8H,9,17H2,1H3,(H,18,19). The zero-order valence-corrected chi connectivity index (χ0v) is 12.6. The lowest BCUT2D eigenvalue weighted by Gasteiger charge is -2.09. The summed E-state index contributed by atoms with van der Waals surface area (Å²) in [7, 11) is 1.61. The van der Waals surface area contributed by atoms with Crippen LogP contribution in [0.1, 0.15) is 15.9 Å². The Hall–Kier alpha value is -2.01. The molecular formula is C15H15BrN2O2. The van der Waals surface area contributed by atoms with Crippen molar-refractivity contribution in [3.63, 3.8) is 0 Å². The molecule has 0 heterocycles. The van der Waals surface area contributed by atoms with Crippen LogP contribution in [0.15, 0.2) is 46.9 Å². The number of carbonyl (C=O) groups excluding carboxylic acids is 1. The highest BCUT2D eigenvalue weighted by molar-refractivity contribution is 9.10. The largest absolute Gasteiger partial charge is 0.497 e. The number of methoxy groups -OCH3 is 1. The second-order valence-corrected chi connectivity index (χ2v) is 5.04. The van der Waals surface area contributed by atoms with Crippen LogP contribution in [0.5, 0.6) is 5.75 Å². The van der Waals surface area contributed by atoms with Gasteiger partial charge in [-0.3, -0.25) is 4.79 Å². The highest BCUT2D eigenvalue weighted by Crippen LogP contribution is 2.23. The number of benzene rings is 2. The highest BCUT2D eigenvalue weighted by atomic mass is 79.9. The molecule has 0 aromatic heterocycles. The average Bonchev–Trinajstić information content (AvgIpc) is 2.48. The molecule has 20 heavy (non-hydrogen) atoms. The third-order valence-electron chi connectivity index (χ3n) is 2.86. The topological polar surface area (TPSA) is 64.3 Å². The number of carbonyl (C=O) groups is 1. The highest BCUT2D eigenvalue weighted by Gasteiger charge is 2.11. The van der Waals surface area contributed by atoms with Crippen LogP contribution in [0.25, 0.3) is 0 Å². The molecule has 0 fully saturated rings. The Kier molecular flexibility index (Phi) is 4.63. The Balaban J connectivity index is 2.06. The molecule has 2 rings (SSSR count). The summed E-state index contributed by atoms with van der Waals surface area (Å²) in [5.74, 6) is 0.592. The number of ether oxygens (including phenoxy) is 1. The summed E-state index contributed by atoms with van der Waals surface area (Å²) in [5.41, 5.74) is 7.79. The van der Waals surface area contributed by atoms with Crippen LogP contribution in [-0.2, 0) is 6.54 Å². The SMILES string of the molecule is COc1cccc(CNC(=O)c2cccc(N)c2Br)c1. The first-order valence-electron chi connectivity index (χ1n) is 6.07. The first-order chi connectivity index (χ1) is 9.61. The number of nitrogen functional groups attached to an aromatic ring is 1. The van der Waals surface area contributed by atoms with Gasteiger partial charge in [-0.1, -0.05) is 18.2 Å². The maximum Gasteiger partial charge on any atom is 0.252 e. The van der Waals surface area contributed by atoms with Crippen molar-refractivity contribution in [2.24, 2.45) is 0 Å². The van der Waals surface area contributed by atoms with E-state index < -0.39 is 0 Å². The first kappa shape index (κ1) is 14.4. The number of hydrogen-bond acceptors (Lipinski definition) is 3. The Morgan fingerprint density at radius 2 is 2.05 bits per heavy atom. The van der Waals surface area contributed by atoms with Crippen molar-refractivity contribution in [3.8, 4) is 5.75 Å². The lowest BCUT2D eigenvalue weighted by Crippen LogP contribution is -2.23. The first-order valence-corrected chi connectivity index (χ1v) is 6.86. The molecule has 0 atom stereocenters. The Morgan fingerprint density at radius 1 is 1.30 bits per heavy atom. The van der Waals surface area contributed by atoms with E-state index in [1.165, 1.54) is 0 Å². The third kappa shape index (κ3) is 3.30. The molecule has 4 nitrogen and oxygen atoms in total. The fourth-order valence-electron chi connectivity index (χ4n) is 1.79. The molecule has 1 amide bonds. The minimum atomic E-state index is -0.174. The van der Waals surface area contributed by atoms with Crippen molar-refractivity contribution in [2.45, 2.75) is 6.54 Å². The maximum absolute atomic E-state index is 12.1. The molecule has 2 aromatic rings. The lowest BCUT2D eigenvalue weighted by molar-refractivity contribution is 0.0950. The fraction of sp³-hybridized carbons (Fsp3) is 0.133. The number of halogens is 1. The van der Waals surface area contributed by atoms with Gasteiger partial charge in [0.2, 0.25) is 0 Å². The van der Waals surface area contributed by atoms with Crippen molar-refractivity contribution in [2.75, 3.05) is 12.8 Å². The van der Waals surface area contributed by atoms with Gasteiger partial charge >= 0.3 is 0 Å². The van der Waals surface area contributed by atoms with Crippen LogP contribution in [0, 0.1) is 0 Å². The second-order valence-electron chi connectivity index (χ2n) is 4.24. The molecule has 0 bridgehead atoms. The predicted molar refractivity (Wildman–Crippen MR) is 82.7 cm³/mol. The number of nitrogens with one attached hydrogen (secondary N) is 1. The van der Waals surface area contributed by atoms with Crippen molar-refractivity contribution in [1.29, 1.82) is 0 Å². The van der Waals surface area contributed by atoms with E-state index in [1.54, 1.807) is 25.3 Å². The van der Waals surface area contributed by atoms with Crippen LogP contribution in [0.4, 0.5) is 5.69 Å². The number of nitrogens with two attached hydrogens (primary N) is 1. The van der Waals surface area contributed by atoms with Crippen LogP contribution in [0.2, 0.25) is 0 Å². The quantitative estimate of drug-likeness (QED) is 0.845. The molecule has 104 valence electrons. The molecular weight excluding hydrogens is 320 g/mol. The van der Waals surface area contributed by atoms with Crippen LogP contribution in [0.3, 0.4) is 0 Å². The van der Waals surface area contributed by atoms with Crippen molar-refractivity contribution < 1.29 is 9.53 Å². The van der Waals surface area contributed by atoms with Crippen molar-refractivity contribution in [3.05, 3.63) is 58.1 Å². The molecule has 0 spiro atoms. The summed E-state index contributed by atoms with van der Waals surface area (Å²) >= 11 is 3.32. The average molecular weight is 335 g/mol. The van der Waals surface area contributed by atoms with Crippen molar-refractivity contribution >= 4 is 27.5 Å². The Bertz CT molecular complexity index is 629. The van der Waals surface area contributed by atoms with E-state index in [9.17, 15) is 4.79 Å². The van der Waals surface area contributed by atoms with E-state index in [4.69, 9.17) is 10.5 Å². The van der Waals surface area contributed by atoms with Crippen LogP contribution in [-0.4, -0.2) is 13.0 Å². The summed E-state index contributed by atoms with van der Waals surface area (Å²) in [4.78, 5) is 12.1. The molecule has 0 unspecified atom stereocenters. The van der Waals surface area contributed by atoms with E-state index in [1.807, 2.05) is 24.3 Å². The Labute approximate surface area is 126 Å². The van der Waals surface area contributed by atoms with E-state index in [0.717, 1.165) is 11.3 Å². The van der Waals surface area contributed by atoms with Gasteiger partial charge in [0.1, 0.15) is 5.75 Å². The van der Waals surface area contributed by atoms with Gasteiger partial charge in [0, 0.05) is 12.2 Å². The van der Waals surface area contributed by atoms with Gasteiger partial charge in [0.05, 0.1) is 17.1 Å². The number of anilines is 1. The normalized spacial score (nSPS) is 10.1. The molecule has 0 aliphatic rings. The smallest absolute Gasteiger partial charge is 0.252 e. The molecule has 0 radical (unpaired) electrons. The van der Waals surface area contributed by atoms with Gasteiger partial charge < -0.3 is 15.8 Å². The fourth-order valence-corrected chi connectivity index (χ4v) is 2.23. The summed E-state index contributed by atoms with van der Waals surface area (Å²) in [6, 6.07) is 12.8. The maximum atomic E-state index is 12.1. The van der Waals surface area contributed by atoms with Crippen LogP contribution < -0.4 is 15.8 Å². The van der Waals surface area contributed by atoms with Gasteiger partial charge in [0.15, 0.2) is 0 Å². The Morgan fingerprint density at radius 3 is 2.80 bits per heavy atom. The van der Waals surface area contributed by atoms with Gasteiger partial charge in [-0.15, -0.1) is 0 Å². The molecule has 0 aliphatic heterocycles. The molecule has 0 saturated heterocycles. The predicted octanol–water partition coefficient (Wildman–Crippen LogP) is 2.97. The summed E-state index contributed by atoms with van der Waals surface area (Å²) in [6.45, 7) is 0.428. The van der Waals surface area contributed by atoms with Crippen LogP contribution >= 0.6 is 15.9 Å². The summed E-state index contributed by atoms with van der Waals surface area (Å²) < 4.78 is 5.76. The number of rotatable bonds is 4. The van der Waals surface area contributed by atoms with E-state index in [0.29, 0.717) is 22.3 Å². The summed E-state index contributed by atoms with van der Waals surface area (Å²) in [5, 5.41) is 2.85. The molecule has 0 aliphatic carbocycles. The zero-order valence-electron chi connectivity index (χ0n) is 11.0. The van der Waals surface area contributed by atoms with Crippen molar-refractivity contribution in [1.82, 2.24) is 5.32 Å². The van der Waals surface area contributed by atoms with Gasteiger partial charge in [-0.2, -0.15) is 0 Å². The monoisotopic (exact) mass is 334 g/mol. The second kappa shape index (κ2) is 6.43. The number of amides is 1. The molecule has 5 heteroatoms. The zero-order chi connectivity index (χ0) is 14.5. The van der Waals surface area contributed by atoms with E-state index in [2.05, 4.69) is 21.2 Å². The van der Waals surface area contributed by atoms with Gasteiger partial charge in [-0.25, -0.2) is 0 Å². The van der Waals surface area contributed by atoms with Gasteiger partial charge in [-0.05, 0) is 45.8 Å². The molecule has 0 saturated carbocycles. The minimum Gasteiger partial charge on any atom is -0.497 e. The minimum absolute atomic E-state index is 0.174.